The molecule has 98 valence electrons. The molecular formula is C14H17ClFNO. The van der Waals surface area contributed by atoms with Gasteiger partial charge >= 0.3 is 0 Å². The largest absolute Gasteiger partial charge is 0.349 e. The summed E-state index contributed by atoms with van der Waals surface area (Å²) in [7, 11) is 0. The lowest BCUT2D eigenvalue weighted by atomic mass is 9.87. The third-order valence-corrected chi connectivity index (χ3v) is 3.69. The van der Waals surface area contributed by atoms with E-state index in [-0.39, 0.29) is 17.0 Å². The van der Waals surface area contributed by atoms with E-state index in [9.17, 15) is 9.18 Å². The molecule has 2 nitrogen and oxygen atoms in total. The van der Waals surface area contributed by atoms with Crippen LogP contribution >= 0.6 is 11.6 Å². The van der Waals surface area contributed by atoms with E-state index in [1.54, 1.807) is 0 Å². The molecule has 4 heteroatoms. The molecule has 0 aliphatic heterocycles. The van der Waals surface area contributed by atoms with Crippen molar-refractivity contribution in [2.75, 3.05) is 0 Å². The molecular weight excluding hydrogens is 253 g/mol. The van der Waals surface area contributed by atoms with Gasteiger partial charge in [-0.2, -0.15) is 0 Å². The van der Waals surface area contributed by atoms with E-state index >= 15 is 0 Å². The molecule has 1 aliphatic carbocycles. The molecule has 0 saturated heterocycles. The summed E-state index contributed by atoms with van der Waals surface area (Å²) >= 11 is 5.74. The summed E-state index contributed by atoms with van der Waals surface area (Å²) in [6.45, 7) is 2.23. The fraction of sp³-hybridized carbons (Fsp3) is 0.500. The standard InChI is InChI=1S/C14H17ClFNO/c1-9-2-4-13(5-3-9)17-14(18)10-6-11(15)8-12(16)7-10/h6-9,13H,2-5H2,1H3,(H,17,18). The van der Waals surface area contributed by atoms with E-state index < -0.39 is 5.82 Å². The highest BCUT2D eigenvalue weighted by Gasteiger charge is 2.20. The molecule has 1 amide bonds. The highest BCUT2D eigenvalue weighted by Crippen LogP contribution is 2.24. The first-order valence-electron chi connectivity index (χ1n) is 6.31. The van der Waals surface area contributed by atoms with Crippen molar-refractivity contribution in [2.24, 2.45) is 5.92 Å². The Morgan fingerprint density at radius 2 is 1.94 bits per heavy atom. The van der Waals surface area contributed by atoms with Crippen LogP contribution < -0.4 is 5.32 Å². The minimum absolute atomic E-state index is 0.204. The number of amides is 1. The van der Waals surface area contributed by atoms with Crippen molar-refractivity contribution >= 4 is 17.5 Å². The van der Waals surface area contributed by atoms with Crippen LogP contribution in [0.3, 0.4) is 0 Å². The van der Waals surface area contributed by atoms with E-state index in [0.29, 0.717) is 5.56 Å². The Kier molecular flexibility index (Phi) is 4.23. The molecule has 1 saturated carbocycles. The number of halogens is 2. The van der Waals surface area contributed by atoms with Crippen LogP contribution in [0.4, 0.5) is 4.39 Å². The number of nitrogens with one attached hydrogen (secondary N) is 1. The molecule has 1 fully saturated rings. The van der Waals surface area contributed by atoms with Crippen LogP contribution in [0.1, 0.15) is 43.0 Å². The first kappa shape index (κ1) is 13.3. The Morgan fingerprint density at radius 1 is 1.28 bits per heavy atom. The van der Waals surface area contributed by atoms with Gasteiger partial charge in [0.25, 0.3) is 5.91 Å². The van der Waals surface area contributed by atoms with Crippen molar-refractivity contribution in [1.29, 1.82) is 0 Å². The minimum Gasteiger partial charge on any atom is -0.349 e. The number of rotatable bonds is 2. The number of carbonyl (C=O) groups excluding carboxylic acids is 1. The van der Waals surface area contributed by atoms with E-state index in [2.05, 4.69) is 12.2 Å². The van der Waals surface area contributed by atoms with Gasteiger partial charge in [0.2, 0.25) is 0 Å². The van der Waals surface area contributed by atoms with Crippen LogP contribution in [0.15, 0.2) is 18.2 Å². The number of hydrogen-bond acceptors (Lipinski definition) is 1. The van der Waals surface area contributed by atoms with Crippen molar-refractivity contribution in [3.05, 3.63) is 34.6 Å². The van der Waals surface area contributed by atoms with E-state index in [4.69, 9.17) is 11.6 Å². The maximum atomic E-state index is 13.2. The van der Waals surface area contributed by atoms with Crippen LogP contribution in [0.5, 0.6) is 0 Å². The molecule has 0 atom stereocenters. The molecule has 0 heterocycles. The highest BCUT2D eigenvalue weighted by atomic mass is 35.5. The zero-order valence-corrected chi connectivity index (χ0v) is 11.1. The van der Waals surface area contributed by atoms with Gasteiger partial charge in [0.15, 0.2) is 0 Å². The Labute approximate surface area is 112 Å². The van der Waals surface area contributed by atoms with E-state index in [1.165, 1.54) is 18.2 Å². The average molecular weight is 270 g/mol. The zero-order valence-electron chi connectivity index (χ0n) is 10.4. The minimum atomic E-state index is -0.482. The molecule has 0 unspecified atom stereocenters. The van der Waals surface area contributed by atoms with Gasteiger partial charge in [-0.15, -0.1) is 0 Å². The molecule has 1 aromatic rings. The van der Waals surface area contributed by atoms with Crippen molar-refractivity contribution in [2.45, 2.75) is 38.6 Å². The van der Waals surface area contributed by atoms with E-state index in [0.717, 1.165) is 31.6 Å². The second kappa shape index (κ2) is 5.70. The van der Waals surface area contributed by atoms with Gasteiger partial charge in [-0.05, 0) is 49.8 Å². The maximum absolute atomic E-state index is 13.2. The summed E-state index contributed by atoms with van der Waals surface area (Å²) in [5.74, 6) is 0.0163. The Morgan fingerprint density at radius 3 is 2.56 bits per heavy atom. The Balaban J connectivity index is 1.99. The summed E-state index contributed by atoms with van der Waals surface area (Å²) in [6.07, 6.45) is 4.26. The predicted octanol–water partition coefficient (Wildman–Crippen LogP) is 3.79. The molecule has 0 radical (unpaired) electrons. The smallest absolute Gasteiger partial charge is 0.251 e. The second-order valence-corrected chi connectivity index (χ2v) is 5.52. The Bertz CT molecular complexity index is 421. The third kappa shape index (κ3) is 3.45. The van der Waals surface area contributed by atoms with Gasteiger partial charge in [0.05, 0.1) is 0 Å². The molecule has 0 aromatic heterocycles. The van der Waals surface area contributed by atoms with Gasteiger partial charge in [-0.3, -0.25) is 4.79 Å². The number of carbonyl (C=O) groups is 1. The summed E-state index contributed by atoms with van der Waals surface area (Å²) < 4.78 is 13.2. The molecule has 1 aromatic carbocycles. The van der Waals surface area contributed by atoms with Crippen LogP contribution in [0.25, 0.3) is 0 Å². The topological polar surface area (TPSA) is 29.1 Å². The zero-order chi connectivity index (χ0) is 13.1. The third-order valence-electron chi connectivity index (χ3n) is 3.48. The monoisotopic (exact) mass is 269 g/mol. The molecule has 0 bridgehead atoms. The lowest BCUT2D eigenvalue weighted by molar-refractivity contribution is 0.0922. The normalized spacial score (nSPS) is 23.7. The number of hydrogen-bond donors (Lipinski definition) is 1. The summed E-state index contributed by atoms with van der Waals surface area (Å²) in [5, 5.41) is 3.19. The lowest BCUT2D eigenvalue weighted by Gasteiger charge is -2.26. The van der Waals surface area contributed by atoms with Crippen molar-refractivity contribution in [1.82, 2.24) is 5.32 Å². The Hall–Kier alpha value is -1.09. The average Bonchev–Trinajstić information content (AvgIpc) is 2.31. The first-order chi connectivity index (χ1) is 8.54. The van der Waals surface area contributed by atoms with Gasteiger partial charge < -0.3 is 5.32 Å². The number of benzene rings is 1. The maximum Gasteiger partial charge on any atom is 0.251 e. The molecule has 1 aliphatic rings. The molecule has 0 spiro atoms. The van der Waals surface area contributed by atoms with Gasteiger partial charge in [0, 0.05) is 16.6 Å². The van der Waals surface area contributed by atoms with Crippen LogP contribution in [-0.2, 0) is 0 Å². The predicted molar refractivity (Wildman–Crippen MR) is 70.3 cm³/mol. The van der Waals surface area contributed by atoms with Gasteiger partial charge in [-0.25, -0.2) is 4.39 Å². The highest BCUT2D eigenvalue weighted by molar-refractivity contribution is 6.31. The fourth-order valence-electron chi connectivity index (χ4n) is 2.36. The summed E-state index contributed by atoms with van der Waals surface area (Å²) in [4.78, 5) is 12.0. The van der Waals surface area contributed by atoms with Gasteiger partial charge in [-0.1, -0.05) is 18.5 Å². The molecule has 18 heavy (non-hydrogen) atoms. The quantitative estimate of drug-likeness (QED) is 0.870. The van der Waals surface area contributed by atoms with Crippen molar-refractivity contribution in [3.63, 3.8) is 0 Å². The summed E-state index contributed by atoms with van der Waals surface area (Å²) in [6, 6.07) is 4.11. The van der Waals surface area contributed by atoms with Gasteiger partial charge in [0.1, 0.15) is 5.82 Å². The van der Waals surface area contributed by atoms with E-state index in [1.807, 2.05) is 0 Å². The van der Waals surface area contributed by atoms with Crippen molar-refractivity contribution in [3.8, 4) is 0 Å². The first-order valence-corrected chi connectivity index (χ1v) is 6.69. The van der Waals surface area contributed by atoms with Crippen LogP contribution in [0, 0.1) is 11.7 Å². The second-order valence-electron chi connectivity index (χ2n) is 5.09. The van der Waals surface area contributed by atoms with Crippen LogP contribution in [0.2, 0.25) is 5.02 Å². The van der Waals surface area contributed by atoms with Crippen molar-refractivity contribution < 1.29 is 9.18 Å². The summed E-state index contributed by atoms with van der Waals surface area (Å²) in [5.41, 5.74) is 0.290. The van der Waals surface area contributed by atoms with Crippen LogP contribution in [-0.4, -0.2) is 11.9 Å². The SMILES string of the molecule is CC1CCC(NC(=O)c2cc(F)cc(Cl)c2)CC1. The molecule has 1 N–H and O–H groups in total. The fourth-order valence-corrected chi connectivity index (χ4v) is 2.58. The molecule has 2 rings (SSSR count). The lowest BCUT2D eigenvalue weighted by Crippen LogP contribution is -2.37.